The number of ether oxygens (including phenoxy) is 5. The van der Waals surface area contributed by atoms with Gasteiger partial charge in [-0.25, -0.2) is 4.79 Å². The Hall–Kier alpha value is -1.80. The average Bonchev–Trinajstić information content (AvgIpc) is 2.87. The van der Waals surface area contributed by atoms with Crippen LogP contribution in [0.3, 0.4) is 0 Å². The van der Waals surface area contributed by atoms with E-state index in [1.165, 1.54) is 18.8 Å². The molecule has 37 heavy (non-hydrogen) atoms. The van der Waals surface area contributed by atoms with Gasteiger partial charge in [0.05, 0.1) is 25.4 Å². The van der Waals surface area contributed by atoms with Gasteiger partial charge >= 0.3 is 5.97 Å². The molecule has 0 unspecified atom stereocenters. The van der Waals surface area contributed by atoms with Crippen molar-refractivity contribution in [3.8, 4) is 0 Å². The minimum atomic E-state index is -0.667. The number of carbonyl (C=O) groups excluding carboxylic acids is 2. The monoisotopic (exact) mass is 522 g/mol. The van der Waals surface area contributed by atoms with Crippen molar-refractivity contribution in [2.45, 2.75) is 104 Å². The normalized spacial score (nSPS) is 25.6. The quantitative estimate of drug-likeness (QED) is 0.0830. The molecule has 1 fully saturated rings. The molecule has 0 radical (unpaired) electrons. The molecule has 0 N–H and O–H groups in total. The third kappa shape index (κ3) is 12.1. The standard InChI is InChI=1S/C30H50O7/c1-21(19-25(20-31)33-7)15-16-22(2)26(34-8)18-17-23(3)29-24(4)27(36-30(5,6)37-29)13-11-10-12-14-28(32)35-9/h10-12,14,16,20-21,23-27,29H,13,15,17-19H2,1-9H3/b11-10+,14-12+,22-16+/t21-,23-,24-,25-,26+,27-,29-/m1/s1. The van der Waals surface area contributed by atoms with Gasteiger partial charge in [-0.2, -0.15) is 0 Å². The van der Waals surface area contributed by atoms with Crippen molar-refractivity contribution in [2.75, 3.05) is 21.3 Å². The number of methoxy groups -OCH3 is 3. The lowest BCUT2D eigenvalue weighted by atomic mass is 9.83. The van der Waals surface area contributed by atoms with Crippen LogP contribution < -0.4 is 0 Å². The third-order valence-electron chi connectivity index (χ3n) is 7.18. The molecule has 0 aromatic rings. The van der Waals surface area contributed by atoms with Gasteiger partial charge in [0.15, 0.2) is 5.79 Å². The molecule has 1 aliphatic rings. The van der Waals surface area contributed by atoms with Crippen LogP contribution in [0.5, 0.6) is 0 Å². The first-order chi connectivity index (χ1) is 17.5. The minimum absolute atomic E-state index is 0.0163. The largest absolute Gasteiger partial charge is 0.466 e. The molecule has 0 aliphatic carbocycles. The Morgan fingerprint density at radius 3 is 2.35 bits per heavy atom. The summed E-state index contributed by atoms with van der Waals surface area (Å²) in [5.74, 6) is -0.158. The molecule has 7 nitrogen and oxygen atoms in total. The van der Waals surface area contributed by atoms with Crippen molar-refractivity contribution >= 4 is 12.3 Å². The van der Waals surface area contributed by atoms with Gasteiger partial charge in [-0.15, -0.1) is 0 Å². The highest BCUT2D eigenvalue weighted by molar-refractivity contribution is 5.82. The zero-order valence-electron chi connectivity index (χ0n) is 24.4. The van der Waals surface area contributed by atoms with Gasteiger partial charge < -0.3 is 28.5 Å². The van der Waals surface area contributed by atoms with Crippen molar-refractivity contribution in [3.63, 3.8) is 0 Å². The molecule has 7 heteroatoms. The number of hydrogen-bond acceptors (Lipinski definition) is 7. The van der Waals surface area contributed by atoms with E-state index in [0.29, 0.717) is 18.3 Å². The van der Waals surface area contributed by atoms with Crippen molar-refractivity contribution in [3.05, 3.63) is 36.0 Å². The topological polar surface area (TPSA) is 80.3 Å². The summed E-state index contributed by atoms with van der Waals surface area (Å²) in [5.41, 5.74) is 1.21. The molecule has 7 atom stereocenters. The number of carbonyl (C=O) groups is 2. The first-order valence-corrected chi connectivity index (χ1v) is 13.4. The van der Waals surface area contributed by atoms with Crippen LogP contribution in [-0.2, 0) is 33.3 Å². The van der Waals surface area contributed by atoms with Crippen molar-refractivity contribution in [1.29, 1.82) is 0 Å². The molecule has 1 rings (SSSR count). The molecular formula is C30H50O7. The van der Waals surface area contributed by atoms with Gasteiger partial charge in [0, 0.05) is 26.2 Å². The fourth-order valence-corrected chi connectivity index (χ4v) is 4.87. The Kier molecular flexibility index (Phi) is 15.2. The van der Waals surface area contributed by atoms with Crippen molar-refractivity contribution in [2.24, 2.45) is 17.8 Å². The summed E-state index contributed by atoms with van der Waals surface area (Å²) in [7, 11) is 4.69. The lowest BCUT2D eigenvalue weighted by Gasteiger charge is -2.47. The molecule has 0 amide bonds. The van der Waals surface area contributed by atoms with Gasteiger partial charge in [0.2, 0.25) is 0 Å². The predicted molar refractivity (Wildman–Crippen MR) is 146 cm³/mol. The lowest BCUT2D eigenvalue weighted by molar-refractivity contribution is -0.326. The minimum Gasteiger partial charge on any atom is -0.466 e. The van der Waals surface area contributed by atoms with Gasteiger partial charge in [0.25, 0.3) is 0 Å². The zero-order valence-corrected chi connectivity index (χ0v) is 24.4. The molecule has 212 valence electrons. The van der Waals surface area contributed by atoms with Gasteiger partial charge in [-0.05, 0) is 70.3 Å². The third-order valence-corrected chi connectivity index (χ3v) is 7.18. The molecule has 1 aliphatic heterocycles. The summed E-state index contributed by atoms with van der Waals surface area (Å²) in [5, 5.41) is 0. The molecule has 0 spiro atoms. The number of esters is 1. The highest BCUT2D eigenvalue weighted by atomic mass is 16.7. The average molecular weight is 523 g/mol. The maximum Gasteiger partial charge on any atom is 0.330 e. The number of rotatable bonds is 16. The second-order valence-corrected chi connectivity index (χ2v) is 10.8. The SMILES string of the molecule is COC(=O)/C=C/C=C/C[C@H]1OC(C)(C)O[C@H]([C@H](C)CC[C@H](OC)/C(C)=C/C[C@@H](C)C[C@H](C=O)OC)[C@@H]1C. The van der Waals surface area contributed by atoms with Crippen molar-refractivity contribution < 1.29 is 33.3 Å². The number of aldehydes is 1. The second-order valence-electron chi connectivity index (χ2n) is 10.8. The van der Waals surface area contributed by atoms with Crippen LogP contribution in [0, 0.1) is 17.8 Å². The summed E-state index contributed by atoms with van der Waals surface area (Å²) >= 11 is 0. The van der Waals surface area contributed by atoms with E-state index in [0.717, 1.165) is 32.0 Å². The molecule has 1 heterocycles. The first kappa shape index (κ1) is 33.2. The number of allylic oxidation sites excluding steroid dienone is 3. The van der Waals surface area contributed by atoms with E-state index < -0.39 is 5.79 Å². The molecule has 0 aromatic carbocycles. The Labute approximate surface area is 224 Å². The summed E-state index contributed by atoms with van der Waals surface area (Å²) in [6.45, 7) is 12.6. The van der Waals surface area contributed by atoms with Crippen LogP contribution >= 0.6 is 0 Å². The summed E-state index contributed by atoms with van der Waals surface area (Å²) in [6, 6.07) is 0. The van der Waals surface area contributed by atoms with Crippen LogP contribution in [0.2, 0.25) is 0 Å². The maximum atomic E-state index is 11.2. The summed E-state index contributed by atoms with van der Waals surface area (Å²) in [4.78, 5) is 22.3. The second kappa shape index (κ2) is 16.9. The first-order valence-electron chi connectivity index (χ1n) is 13.4. The zero-order chi connectivity index (χ0) is 28.0. The van der Waals surface area contributed by atoms with E-state index in [9.17, 15) is 9.59 Å². The van der Waals surface area contributed by atoms with Crippen molar-refractivity contribution in [1.82, 2.24) is 0 Å². The van der Waals surface area contributed by atoms with Gasteiger partial charge in [-0.3, -0.25) is 0 Å². The Morgan fingerprint density at radius 2 is 1.76 bits per heavy atom. The van der Waals surface area contributed by atoms with Gasteiger partial charge in [-0.1, -0.05) is 45.1 Å². The molecule has 0 saturated carbocycles. The Morgan fingerprint density at radius 1 is 1.05 bits per heavy atom. The number of hydrogen-bond donors (Lipinski definition) is 0. The maximum absolute atomic E-state index is 11.2. The lowest BCUT2D eigenvalue weighted by Crippen LogP contribution is -2.52. The molecule has 1 saturated heterocycles. The highest BCUT2D eigenvalue weighted by Crippen LogP contribution is 2.37. The molecule has 0 aromatic heterocycles. The van der Waals surface area contributed by atoms with E-state index >= 15 is 0 Å². The van der Waals surface area contributed by atoms with Crippen LogP contribution in [0.25, 0.3) is 0 Å². The van der Waals surface area contributed by atoms with E-state index in [4.69, 9.17) is 18.9 Å². The van der Waals surface area contributed by atoms with Crippen LogP contribution in [0.1, 0.15) is 73.6 Å². The fourth-order valence-electron chi connectivity index (χ4n) is 4.87. The van der Waals surface area contributed by atoms with Crippen LogP contribution in [0.4, 0.5) is 0 Å². The van der Waals surface area contributed by atoms with Crippen LogP contribution in [-0.4, -0.2) is 63.8 Å². The Bertz CT molecular complexity index is 770. The van der Waals surface area contributed by atoms with E-state index in [1.807, 2.05) is 26.0 Å². The van der Waals surface area contributed by atoms with Crippen LogP contribution in [0.15, 0.2) is 36.0 Å². The van der Waals surface area contributed by atoms with E-state index in [-0.39, 0.29) is 36.3 Å². The summed E-state index contributed by atoms with van der Waals surface area (Å²) in [6.07, 6.45) is 14.0. The fraction of sp³-hybridized carbons (Fsp3) is 0.733. The van der Waals surface area contributed by atoms with Gasteiger partial charge in [0.1, 0.15) is 12.4 Å². The summed E-state index contributed by atoms with van der Waals surface area (Å²) < 4.78 is 28.3. The molecular weight excluding hydrogens is 472 g/mol. The Balaban J connectivity index is 2.72. The molecule has 0 bridgehead atoms. The smallest absolute Gasteiger partial charge is 0.330 e. The highest BCUT2D eigenvalue weighted by Gasteiger charge is 2.42. The van der Waals surface area contributed by atoms with E-state index in [1.54, 1.807) is 20.3 Å². The predicted octanol–water partition coefficient (Wildman–Crippen LogP) is 5.83. The van der Waals surface area contributed by atoms with E-state index in [2.05, 4.69) is 38.5 Å².